The minimum atomic E-state index is 0.0199. The van der Waals surface area contributed by atoms with Gasteiger partial charge in [0.1, 0.15) is 6.29 Å². The van der Waals surface area contributed by atoms with Gasteiger partial charge >= 0.3 is 0 Å². The summed E-state index contributed by atoms with van der Waals surface area (Å²) in [6.45, 7) is 2.54. The van der Waals surface area contributed by atoms with E-state index in [0.717, 1.165) is 23.8 Å². The van der Waals surface area contributed by atoms with E-state index in [9.17, 15) is 4.79 Å². The molecule has 0 aliphatic carbocycles. The molecule has 0 heterocycles. The lowest BCUT2D eigenvalue weighted by Crippen LogP contribution is -2.01. The molecule has 2 heteroatoms. The molecule has 1 aromatic carbocycles. The maximum Gasteiger partial charge on any atom is 0.127 e. The first kappa shape index (κ1) is 9.93. The fourth-order valence-corrected chi connectivity index (χ4v) is 1.36. The zero-order chi connectivity index (χ0) is 9.68. The van der Waals surface area contributed by atoms with Crippen molar-refractivity contribution in [1.82, 2.24) is 0 Å². The smallest absolute Gasteiger partial charge is 0.127 e. The van der Waals surface area contributed by atoms with Crippen LogP contribution in [0.5, 0.6) is 0 Å². The van der Waals surface area contributed by atoms with Crippen LogP contribution in [0.1, 0.15) is 30.4 Å². The predicted octanol–water partition coefficient (Wildman–Crippen LogP) is 1.84. The Bertz CT molecular complexity index is 283. The first-order valence-corrected chi connectivity index (χ1v) is 4.56. The Morgan fingerprint density at radius 2 is 2.31 bits per heavy atom. The molecule has 1 unspecified atom stereocenters. The quantitative estimate of drug-likeness (QED) is 0.713. The third kappa shape index (κ3) is 2.39. The van der Waals surface area contributed by atoms with Gasteiger partial charge in [-0.1, -0.05) is 31.2 Å². The van der Waals surface area contributed by atoms with E-state index >= 15 is 0 Å². The van der Waals surface area contributed by atoms with Gasteiger partial charge in [0.15, 0.2) is 0 Å². The molecule has 0 aliphatic rings. The Morgan fingerprint density at radius 3 is 2.85 bits per heavy atom. The summed E-state index contributed by atoms with van der Waals surface area (Å²) in [6, 6.07) is 7.90. The first-order chi connectivity index (χ1) is 6.31. The van der Waals surface area contributed by atoms with Gasteiger partial charge in [-0.3, -0.25) is 0 Å². The zero-order valence-corrected chi connectivity index (χ0v) is 7.86. The summed E-state index contributed by atoms with van der Waals surface area (Å²) in [7, 11) is 0. The van der Waals surface area contributed by atoms with Gasteiger partial charge in [-0.15, -0.1) is 0 Å². The van der Waals surface area contributed by atoms with Crippen molar-refractivity contribution in [3.8, 4) is 0 Å². The average Bonchev–Trinajstić information content (AvgIpc) is 2.20. The number of hydrogen-bond acceptors (Lipinski definition) is 2. The van der Waals surface area contributed by atoms with Gasteiger partial charge < -0.3 is 10.5 Å². The van der Waals surface area contributed by atoms with Crippen LogP contribution in [0.25, 0.3) is 0 Å². The Labute approximate surface area is 78.8 Å². The summed E-state index contributed by atoms with van der Waals surface area (Å²) < 4.78 is 0. The second-order valence-electron chi connectivity index (χ2n) is 3.10. The predicted molar refractivity (Wildman–Crippen MR) is 53.4 cm³/mol. The lowest BCUT2D eigenvalue weighted by Gasteiger charge is -2.08. The highest BCUT2D eigenvalue weighted by atomic mass is 16.1. The molecule has 0 spiro atoms. The van der Waals surface area contributed by atoms with Crippen molar-refractivity contribution in [1.29, 1.82) is 0 Å². The van der Waals surface area contributed by atoms with Gasteiger partial charge in [-0.05, 0) is 17.5 Å². The van der Waals surface area contributed by atoms with E-state index in [4.69, 9.17) is 5.73 Å². The molecule has 2 nitrogen and oxygen atoms in total. The van der Waals surface area contributed by atoms with Crippen molar-refractivity contribution in [2.24, 2.45) is 5.73 Å². The molecule has 70 valence electrons. The highest BCUT2D eigenvalue weighted by Gasteiger charge is 2.07. The standard InChI is InChI=1S/C11H15NO/c1-2-10(8-13)11-5-3-4-9(6-11)7-12/h3-6,8,10H,2,7,12H2,1H3. The molecular weight excluding hydrogens is 162 g/mol. The summed E-state index contributed by atoms with van der Waals surface area (Å²) in [6.07, 6.45) is 1.84. The number of benzene rings is 1. The molecule has 2 N–H and O–H groups in total. The molecule has 0 bridgehead atoms. The number of hydrogen-bond donors (Lipinski definition) is 1. The molecule has 0 amide bonds. The highest BCUT2D eigenvalue weighted by Crippen LogP contribution is 2.17. The minimum absolute atomic E-state index is 0.0199. The fourth-order valence-electron chi connectivity index (χ4n) is 1.36. The van der Waals surface area contributed by atoms with E-state index < -0.39 is 0 Å². The third-order valence-electron chi connectivity index (χ3n) is 2.22. The molecule has 1 atom stereocenters. The summed E-state index contributed by atoms with van der Waals surface area (Å²) >= 11 is 0. The van der Waals surface area contributed by atoms with Crippen molar-refractivity contribution in [3.63, 3.8) is 0 Å². The van der Waals surface area contributed by atoms with Crippen molar-refractivity contribution >= 4 is 6.29 Å². The summed E-state index contributed by atoms with van der Waals surface area (Å²) in [5, 5.41) is 0. The van der Waals surface area contributed by atoms with Crippen LogP contribution in [0, 0.1) is 0 Å². The minimum Gasteiger partial charge on any atom is -0.326 e. The van der Waals surface area contributed by atoms with Crippen LogP contribution in [0.15, 0.2) is 24.3 Å². The number of rotatable bonds is 4. The fraction of sp³-hybridized carbons (Fsp3) is 0.364. The van der Waals surface area contributed by atoms with Crippen LogP contribution < -0.4 is 5.73 Å². The maximum absolute atomic E-state index is 10.7. The van der Waals surface area contributed by atoms with Crippen LogP contribution in [0.2, 0.25) is 0 Å². The molecule has 0 saturated heterocycles. The topological polar surface area (TPSA) is 43.1 Å². The van der Waals surface area contributed by atoms with Gasteiger partial charge in [0.25, 0.3) is 0 Å². The van der Waals surface area contributed by atoms with E-state index in [1.807, 2.05) is 31.2 Å². The Hall–Kier alpha value is -1.15. The van der Waals surface area contributed by atoms with Crippen LogP contribution in [0.4, 0.5) is 0 Å². The van der Waals surface area contributed by atoms with Crippen LogP contribution >= 0.6 is 0 Å². The summed E-state index contributed by atoms with van der Waals surface area (Å²) in [4.78, 5) is 10.7. The first-order valence-electron chi connectivity index (χ1n) is 4.56. The number of carbonyl (C=O) groups is 1. The summed E-state index contributed by atoms with van der Waals surface area (Å²) in [5.74, 6) is 0.0199. The van der Waals surface area contributed by atoms with Crippen molar-refractivity contribution in [2.45, 2.75) is 25.8 Å². The van der Waals surface area contributed by atoms with E-state index in [1.165, 1.54) is 0 Å². The van der Waals surface area contributed by atoms with Crippen LogP contribution in [-0.2, 0) is 11.3 Å². The Morgan fingerprint density at radius 1 is 1.54 bits per heavy atom. The monoisotopic (exact) mass is 177 g/mol. The van der Waals surface area contributed by atoms with E-state index in [2.05, 4.69) is 0 Å². The lowest BCUT2D eigenvalue weighted by atomic mass is 9.96. The molecule has 1 rings (SSSR count). The maximum atomic E-state index is 10.7. The highest BCUT2D eigenvalue weighted by molar-refractivity contribution is 5.62. The third-order valence-corrected chi connectivity index (χ3v) is 2.22. The van der Waals surface area contributed by atoms with Crippen LogP contribution in [-0.4, -0.2) is 6.29 Å². The van der Waals surface area contributed by atoms with E-state index in [1.54, 1.807) is 0 Å². The van der Waals surface area contributed by atoms with Gasteiger partial charge in [0.2, 0.25) is 0 Å². The zero-order valence-electron chi connectivity index (χ0n) is 7.86. The molecule has 0 fully saturated rings. The van der Waals surface area contributed by atoms with E-state index in [-0.39, 0.29) is 5.92 Å². The van der Waals surface area contributed by atoms with E-state index in [0.29, 0.717) is 6.54 Å². The van der Waals surface area contributed by atoms with Crippen molar-refractivity contribution in [2.75, 3.05) is 0 Å². The number of aldehydes is 1. The molecule has 0 aromatic heterocycles. The molecule has 1 aromatic rings. The molecule has 0 radical (unpaired) electrons. The second-order valence-corrected chi connectivity index (χ2v) is 3.10. The van der Waals surface area contributed by atoms with Crippen LogP contribution in [0.3, 0.4) is 0 Å². The largest absolute Gasteiger partial charge is 0.326 e. The van der Waals surface area contributed by atoms with Gasteiger partial charge in [-0.25, -0.2) is 0 Å². The second kappa shape index (κ2) is 4.77. The molecular formula is C11H15NO. The normalized spacial score (nSPS) is 12.5. The van der Waals surface area contributed by atoms with Crippen molar-refractivity contribution < 1.29 is 4.79 Å². The number of nitrogens with two attached hydrogens (primary N) is 1. The van der Waals surface area contributed by atoms with Crippen molar-refractivity contribution in [3.05, 3.63) is 35.4 Å². The lowest BCUT2D eigenvalue weighted by molar-refractivity contribution is -0.109. The molecule has 0 saturated carbocycles. The average molecular weight is 177 g/mol. The van der Waals surface area contributed by atoms with Gasteiger partial charge in [0, 0.05) is 12.5 Å². The number of carbonyl (C=O) groups excluding carboxylic acids is 1. The Balaban J connectivity index is 2.92. The molecule has 0 aliphatic heterocycles. The SMILES string of the molecule is CCC(C=O)c1cccc(CN)c1. The van der Waals surface area contributed by atoms with Gasteiger partial charge in [0.05, 0.1) is 0 Å². The summed E-state index contributed by atoms with van der Waals surface area (Å²) in [5.41, 5.74) is 7.66. The van der Waals surface area contributed by atoms with Gasteiger partial charge in [-0.2, -0.15) is 0 Å². The Kier molecular flexibility index (Phi) is 3.65. The molecule has 13 heavy (non-hydrogen) atoms.